The number of halogens is 1. The second kappa shape index (κ2) is 9.71. The highest BCUT2D eigenvalue weighted by Gasteiger charge is 2.20. The predicted molar refractivity (Wildman–Crippen MR) is 143 cm³/mol. The molecule has 6 aromatic rings. The van der Waals surface area contributed by atoms with E-state index in [4.69, 9.17) is 4.42 Å². The first-order valence-electron chi connectivity index (χ1n) is 12.0. The molecule has 0 unspecified atom stereocenters. The number of benzene rings is 3. The molecule has 0 saturated heterocycles. The molecule has 3 heterocycles. The summed E-state index contributed by atoms with van der Waals surface area (Å²) in [5.74, 6) is 0.389. The van der Waals surface area contributed by atoms with Crippen LogP contribution in [0.3, 0.4) is 0 Å². The molecular formula is C28H22FN5O3S. The minimum Gasteiger partial charge on any atom is -0.432 e. The van der Waals surface area contributed by atoms with Gasteiger partial charge in [0.25, 0.3) is 0 Å². The van der Waals surface area contributed by atoms with E-state index in [1.165, 1.54) is 18.4 Å². The van der Waals surface area contributed by atoms with Gasteiger partial charge in [-0.25, -0.2) is 22.8 Å². The second-order valence-corrected chi connectivity index (χ2v) is 10.9. The summed E-state index contributed by atoms with van der Waals surface area (Å²) in [7, 11) is -3.44. The van der Waals surface area contributed by atoms with E-state index >= 15 is 0 Å². The van der Waals surface area contributed by atoms with Gasteiger partial charge in [0.1, 0.15) is 23.5 Å². The van der Waals surface area contributed by atoms with Crippen LogP contribution in [0.15, 0.2) is 101 Å². The molecule has 0 fully saturated rings. The fraction of sp³-hybridized carbons (Fsp3) is 0.107. The van der Waals surface area contributed by atoms with Crippen molar-refractivity contribution in [3.8, 4) is 22.6 Å². The van der Waals surface area contributed by atoms with E-state index in [1.807, 2.05) is 30.3 Å². The molecule has 0 spiro atoms. The van der Waals surface area contributed by atoms with Crippen molar-refractivity contribution in [2.24, 2.45) is 0 Å². The highest BCUT2D eigenvalue weighted by atomic mass is 32.2. The van der Waals surface area contributed by atoms with E-state index < -0.39 is 9.84 Å². The van der Waals surface area contributed by atoms with Gasteiger partial charge in [0, 0.05) is 24.5 Å². The van der Waals surface area contributed by atoms with Gasteiger partial charge in [-0.15, -0.1) is 0 Å². The lowest BCUT2D eigenvalue weighted by molar-refractivity contribution is 0.594. The Morgan fingerprint density at radius 2 is 1.76 bits per heavy atom. The molecule has 0 aliphatic carbocycles. The quantitative estimate of drug-likeness (QED) is 0.256. The van der Waals surface area contributed by atoms with Crippen molar-refractivity contribution < 1.29 is 17.2 Å². The standard InChI is InChI=1S/C28H22FN5O3S/c29-22-9-6-20(7-10-22)25-26(34-15-16-37-28(34)33-25)24-12-14-31-27(32-24)30-13-3-17-38(35,36)23-11-8-19-4-1-2-5-21(19)18-23/h1-2,4-12,14-16,18H,3,13,17H2,(H,30,31,32). The third kappa shape index (κ3) is 4.61. The first kappa shape index (κ1) is 23.8. The highest BCUT2D eigenvalue weighted by molar-refractivity contribution is 7.91. The van der Waals surface area contributed by atoms with Crippen LogP contribution < -0.4 is 5.32 Å². The van der Waals surface area contributed by atoms with Gasteiger partial charge in [-0.3, -0.25) is 4.40 Å². The molecule has 0 amide bonds. The van der Waals surface area contributed by atoms with Crippen molar-refractivity contribution in [3.63, 3.8) is 0 Å². The van der Waals surface area contributed by atoms with Crippen LogP contribution in [0.25, 0.3) is 39.3 Å². The Morgan fingerprint density at radius 3 is 2.61 bits per heavy atom. The first-order chi connectivity index (χ1) is 18.5. The van der Waals surface area contributed by atoms with Gasteiger partial charge in [-0.2, -0.15) is 4.98 Å². The molecule has 0 bridgehead atoms. The minimum atomic E-state index is -3.44. The number of hydrogen-bond acceptors (Lipinski definition) is 7. The lowest BCUT2D eigenvalue weighted by Gasteiger charge is -2.09. The molecule has 0 atom stereocenters. The molecule has 0 aliphatic heterocycles. The number of aromatic nitrogens is 4. The van der Waals surface area contributed by atoms with Crippen LogP contribution in [0.5, 0.6) is 0 Å². The molecule has 0 aliphatic rings. The van der Waals surface area contributed by atoms with Crippen LogP contribution in [-0.2, 0) is 9.84 Å². The molecule has 38 heavy (non-hydrogen) atoms. The van der Waals surface area contributed by atoms with Crippen LogP contribution in [0, 0.1) is 5.82 Å². The van der Waals surface area contributed by atoms with Crippen molar-refractivity contribution in [3.05, 3.63) is 97.3 Å². The summed E-state index contributed by atoms with van der Waals surface area (Å²) in [5, 5.41) is 5.01. The lowest BCUT2D eigenvalue weighted by Crippen LogP contribution is -2.13. The van der Waals surface area contributed by atoms with Crippen LogP contribution in [0.1, 0.15) is 6.42 Å². The number of rotatable bonds is 8. The molecule has 6 rings (SSSR count). The Bertz CT molecular complexity index is 1860. The summed E-state index contributed by atoms with van der Waals surface area (Å²) in [6.07, 6.45) is 5.25. The van der Waals surface area contributed by atoms with Gasteiger partial charge in [-0.1, -0.05) is 30.3 Å². The lowest BCUT2D eigenvalue weighted by atomic mass is 10.1. The number of hydrogen-bond donors (Lipinski definition) is 1. The zero-order valence-electron chi connectivity index (χ0n) is 20.1. The maximum absolute atomic E-state index is 13.5. The Morgan fingerprint density at radius 1 is 0.947 bits per heavy atom. The number of nitrogens with one attached hydrogen (secondary N) is 1. The van der Waals surface area contributed by atoms with Crippen molar-refractivity contribution in [1.29, 1.82) is 0 Å². The van der Waals surface area contributed by atoms with Crippen LogP contribution in [0.2, 0.25) is 0 Å². The number of sulfone groups is 1. The zero-order valence-corrected chi connectivity index (χ0v) is 20.9. The zero-order chi connectivity index (χ0) is 26.1. The number of anilines is 1. The largest absolute Gasteiger partial charge is 0.432 e. The second-order valence-electron chi connectivity index (χ2n) is 8.75. The van der Waals surface area contributed by atoms with Crippen LogP contribution in [0.4, 0.5) is 10.3 Å². The molecule has 3 aromatic heterocycles. The van der Waals surface area contributed by atoms with E-state index in [0.29, 0.717) is 52.3 Å². The number of oxazole rings is 1. The molecule has 0 saturated carbocycles. The SMILES string of the molecule is O=S(=O)(CCCNc1nccc(-c2c(-c3ccc(F)cc3)nc3occn23)n1)c1ccc2ccccc2c1. The Labute approximate surface area is 217 Å². The topological polar surface area (TPSA) is 102 Å². The fourth-order valence-electron chi connectivity index (χ4n) is 4.36. The number of nitrogens with zero attached hydrogens (tertiary/aromatic N) is 4. The maximum Gasteiger partial charge on any atom is 0.306 e. The first-order valence-corrected chi connectivity index (χ1v) is 13.6. The van der Waals surface area contributed by atoms with E-state index in [-0.39, 0.29) is 11.6 Å². The average molecular weight is 528 g/mol. The van der Waals surface area contributed by atoms with Gasteiger partial charge in [0.05, 0.1) is 16.3 Å². The van der Waals surface area contributed by atoms with Gasteiger partial charge < -0.3 is 9.73 Å². The molecule has 1 N–H and O–H groups in total. The fourth-order valence-corrected chi connectivity index (χ4v) is 5.70. The molecule has 8 nitrogen and oxygen atoms in total. The third-order valence-electron chi connectivity index (χ3n) is 6.23. The summed E-state index contributed by atoms with van der Waals surface area (Å²) in [5.41, 5.74) is 2.56. The molecule has 0 radical (unpaired) electrons. The van der Waals surface area contributed by atoms with Crippen molar-refractivity contribution in [2.75, 3.05) is 17.6 Å². The van der Waals surface area contributed by atoms with E-state index in [0.717, 1.165) is 10.8 Å². The van der Waals surface area contributed by atoms with E-state index in [9.17, 15) is 12.8 Å². The Balaban J connectivity index is 1.18. The minimum absolute atomic E-state index is 0.00892. The number of imidazole rings is 1. The smallest absolute Gasteiger partial charge is 0.306 e. The predicted octanol–water partition coefficient (Wildman–Crippen LogP) is 5.62. The van der Waals surface area contributed by atoms with Gasteiger partial charge in [0.2, 0.25) is 5.95 Å². The molecular weight excluding hydrogens is 505 g/mol. The maximum atomic E-state index is 13.5. The molecule has 10 heteroatoms. The monoisotopic (exact) mass is 527 g/mol. The summed E-state index contributed by atoms with van der Waals surface area (Å²) < 4.78 is 46.5. The summed E-state index contributed by atoms with van der Waals surface area (Å²) in [6.45, 7) is 0.370. The third-order valence-corrected chi connectivity index (χ3v) is 8.03. The summed E-state index contributed by atoms with van der Waals surface area (Å²) in [6, 6.07) is 20.7. The average Bonchev–Trinajstić information content (AvgIpc) is 3.53. The summed E-state index contributed by atoms with van der Waals surface area (Å²) >= 11 is 0. The highest BCUT2D eigenvalue weighted by Crippen LogP contribution is 2.32. The van der Waals surface area contributed by atoms with Gasteiger partial charge in [0.15, 0.2) is 9.84 Å². The van der Waals surface area contributed by atoms with Crippen molar-refractivity contribution >= 4 is 32.4 Å². The summed E-state index contributed by atoms with van der Waals surface area (Å²) in [4.78, 5) is 13.8. The number of fused-ring (bicyclic) bond motifs is 2. The van der Waals surface area contributed by atoms with Gasteiger partial charge in [-0.05, 0) is 59.7 Å². The normalized spacial score (nSPS) is 11.8. The van der Waals surface area contributed by atoms with Crippen molar-refractivity contribution in [1.82, 2.24) is 19.4 Å². The van der Waals surface area contributed by atoms with E-state index in [2.05, 4.69) is 20.3 Å². The van der Waals surface area contributed by atoms with Crippen LogP contribution in [-0.4, -0.2) is 40.1 Å². The van der Waals surface area contributed by atoms with Crippen molar-refractivity contribution in [2.45, 2.75) is 11.3 Å². The molecule has 3 aromatic carbocycles. The molecule has 190 valence electrons. The Hall–Kier alpha value is -4.57. The Kier molecular flexibility index (Phi) is 6.09. The van der Waals surface area contributed by atoms with Gasteiger partial charge >= 0.3 is 5.84 Å². The van der Waals surface area contributed by atoms with Crippen LogP contribution >= 0.6 is 0 Å². The van der Waals surface area contributed by atoms with E-state index in [1.54, 1.807) is 47.1 Å².